The maximum atomic E-state index is 12.3. The third-order valence-electron chi connectivity index (χ3n) is 3.35. The SMILES string of the molecule is C/C(=N/NC(=O)c1sc2ccccc2c1Cl)c1ccc(O)cc1. The molecule has 6 heteroatoms. The van der Waals surface area contributed by atoms with Crippen molar-refractivity contribution in [2.75, 3.05) is 0 Å². The molecule has 23 heavy (non-hydrogen) atoms. The average Bonchev–Trinajstić information content (AvgIpc) is 2.90. The van der Waals surface area contributed by atoms with E-state index in [-0.39, 0.29) is 11.7 Å². The van der Waals surface area contributed by atoms with Gasteiger partial charge in [-0.25, -0.2) is 5.43 Å². The molecular formula is C17H13ClN2O2S. The number of phenols is 1. The van der Waals surface area contributed by atoms with Crippen LogP contribution in [0.25, 0.3) is 10.1 Å². The number of benzene rings is 2. The summed E-state index contributed by atoms with van der Waals surface area (Å²) < 4.78 is 0.960. The highest BCUT2D eigenvalue weighted by Crippen LogP contribution is 2.34. The highest BCUT2D eigenvalue weighted by Gasteiger charge is 2.16. The summed E-state index contributed by atoms with van der Waals surface area (Å²) in [5.74, 6) is -0.156. The molecule has 0 aliphatic carbocycles. The van der Waals surface area contributed by atoms with Crippen LogP contribution in [0.4, 0.5) is 0 Å². The predicted molar refractivity (Wildman–Crippen MR) is 94.6 cm³/mol. The lowest BCUT2D eigenvalue weighted by Crippen LogP contribution is -2.18. The fraction of sp³-hybridized carbons (Fsp3) is 0.0588. The van der Waals surface area contributed by atoms with Crippen molar-refractivity contribution in [2.24, 2.45) is 5.10 Å². The van der Waals surface area contributed by atoms with Crippen LogP contribution in [-0.2, 0) is 0 Å². The van der Waals surface area contributed by atoms with Gasteiger partial charge in [0.2, 0.25) is 0 Å². The summed E-state index contributed by atoms with van der Waals surface area (Å²) in [6.07, 6.45) is 0. The quantitative estimate of drug-likeness (QED) is 0.546. The molecule has 0 radical (unpaired) electrons. The first kappa shape index (κ1) is 15.5. The molecule has 4 nitrogen and oxygen atoms in total. The second-order valence-electron chi connectivity index (χ2n) is 4.93. The van der Waals surface area contributed by atoms with E-state index in [1.807, 2.05) is 24.3 Å². The van der Waals surface area contributed by atoms with Crippen molar-refractivity contribution in [1.82, 2.24) is 5.43 Å². The van der Waals surface area contributed by atoms with Gasteiger partial charge in [-0.05, 0) is 42.8 Å². The van der Waals surface area contributed by atoms with Crippen LogP contribution >= 0.6 is 22.9 Å². The van der Waals surface area contributed by atoms with Gasteiger partial charge < -0.3 is 5.11 Å². The molecule has 0 saturated heterocycles. The Morgan fingerprint density at radius 1 is 1.17 bits per heavy atom. The zero-order valence-electron chi connectivity index (χ0n) is 12.2. The number of amides is 1. The Morgan fingerprint density at radius 3 is 2.57 bits per heavy atom. The molecule has 0 aliphatic heterocycles. The second-order valence-corrected chi connectivity index (χ2v) is 6.36. The van der Waals surface area contributed by atoms with Crippen LogP contribution < -0.4 is 5.43 Å². The molecule has 2 aromatic carbocycles. The topological polar surface area (TPSA) is 61.7 Å². The van der Waals surface area contributed by atoms with Gasteiger partial charge in [-0.2, -0.15) is 5.10 Å². The van der Waals surface area contributed by atoms with E-state index in [0.717, 1.165) is 15.6 Å². The van der Waals surface area contributed by atoms with Crippen molar-refractivity contribution in [3.63, 3.8) is 0 Å². The number of aromatic hydroxyl groups is 1. The standard InChI is InChI=1S/C17H13ClN2O2S/c1-10(11-6-8-12(21)9-7-11)19-20-17(22)16-15(18)13-4-2-3-5-14(13)23-16/h2-9,21H,1H3,(H,20,22)/b19-10-. The largest absolute Gasteiger partial charge is 0.508 e. The van der Waals surface area contributed by atoms with Crippen molar-refractivity contribution in [2.45, 2.75) is 6.92 Å². The number of rotatable bonds is 3. The molecule has 1 aromatic heterocycles. The lowest BCUT2D eigenvalue weighted by atomic mass is 10.1. The molecule has 116 valence electrons. The molecule has 0 bridgehead atoms. The fourth-order valence-electron chi connectivity index (χ4n) is 2.11. The monoisotopic (exact) mass is 344 g/mol. The molecule has 0 unspecified atom stereocenters. The first-order valence-corrected chi connectivity index (χ1v) is 8.07. The van der Waals surface area contributed by atoms with Crippen molar-refractivity contribution in [1.29, 1.82) is 0 Å². The third-order valence-corrected chi connectivity index (χ3v) is 5.03. The predicted octanol–water partition coefficient (Wildman–Crippen LogP) is 4.41. The van der Waals surface area contributed by atoms with Crippen LogP contribution in [0, 0.1) is 0 Å². The van der Waals surface area contributed by atoms with E-state index in [2.05, 4.69) is 10.5 Å². The number of phenolic OH excluding ortho intramolecular Hbond substituents is 1. The number of hydrazone groups is 1. The second kappa shape index (κ2) is 6.40. The highest BCUT2D eigenvalue weighted by atomic mass is 35.5. The summed E-state index contributed by atoms with van der Waals surface area (Å²) in [6.45, 7) is 1.78. The van der Waals surface area contributed by atoms with E-state index in [4.69, 9.17) is 11.6 Å². The van der Waals surface area contributed by atoms with Crippen molar-refractivity contribution >= 4 is 44.6 Å². The Kier molecular flexibility index (Phi) is 4.32. The molecular weight excluding hydrogens is 332 g/mol. The van der Waals surface area contributed by atoms with E-state index in [1.54, 1.807) is 31.2 Å². The zero-order chi connectivity index (χ0) is 16.4. The lowest BCUT2D eigenvalue weighted by molar-refractivity contribution is 0.0959. The van der Waals surface area contributed by atoms with Gasteiger partial charge in [0, 0.05) is 10.1 Å². The summed E-state index contributed by atoms with van der Waals surface area (Å²) in [6, 6.07) is 14.2. The van der Waals surface area contributed by atoms with Crippen LogP contribution in [0.2, 0.25) is 5.02 Å². The van der Waals surface area contributed by atoms with Crippen LogP contribution in [0.1, 0.15) is 22.2 Å². The maximum absolute atomic E-state index is 12.3. The third kappa shape index (κ3) is 3.21. The summed E-state index contributed by atoms with van der Waals surface area (Å²) in [5, 5.41) is 14.7. The molecule has 3 aromatic rings. The molecule has 1 heterocycles. The molecule has 0 fully saturated rings. The van der Waals surface area contributed by atoms with Gasteiger partial charge in [0.25, 0.3) is 5.91 Å². The Bertz CT molecular complexity index is 901. The Labute approximate surface area is 142 Å². The molecule has 2 N–H and O–H groups in total. The van der Waals surface area contributed by atoms with Crippen LogP contribution in [0.15, 0.2) is 53.6 Å². The van der Waals surface area contributed by atoms with Crippen molar-refractivity contribution in [3.8, 4) is 5.75 Å². The molecule has 0 atom stereocenters. The number of carbonyl (C=O) groups is 1. The smallest absolute Gasteiger partial charge is 0.283 e. The molecule has 3 rings (SSSR count). The van der Waals surface area contributed by atoms with Gasteiger partial charge in [0.1, 0.15) is 10.6 Å². The highest BCUT2D eigenvalue weighted by molar-refractivity contribution is 7.21. The van der Waals surface area contributed by atoms with Crippen molar-refractivity contribution < 1.29 is 9.90 Å². The fourth-order valence-corrected chi connectivity index (χ4v) is 3.52. The van der Waals surface area contributed by atoms with Gasteiger partial charge >= 0.3 is 0 Å². The van der Waals surface area contributed by atoms with Crippen LogP contribution in [-0.4, -0.2) is 16.7 Å². The number of nitrogens with zero attached hydrogens (tertiary/aromatic N) is 1. The first-order chi connectivity index (χ1) is 11.1. The lowest BCUT2D eigenvalue weighted by Gasteiger charge is -2.02. The van der Waals surface area contributed by atoms with E-state index < -0.39 is 0 Å². The van der Waals surface area contributed by atoms with Crippen LogP contribution in [0.5, 0.6) is 5.75 Å². The molecule has 0 aliphatic rings. The minimum atomic E-state index is -0.339. The van der Waals surface area contributed by atoms with Gasteiger partial charge in [-0.3, -0.25) is 4.79 Å². The molecule has 1 amide bonds. The number of nitrogens with one attached hydrogen (secondary N) is 1. The number of hydrogen-bond donors (Lipinski definition) is 2. The number of halogens is 1. The zero-order valence-corrected chi connectivity index (χ0v) is 13.8. The van der Waals surface area contributed by atoms with Gasteiger partial charge in [-0.15, -0.1) is 11.3 Å². The summed E-state index contributed by atoms with van der Waals surface area (Å²) in [7, 11) is 0. The van der Waals surface area contributed by atoms with Crippen molar-refractivity contribution in [3.05, 3.63) is 64.0 Å². The number of hydrogen-bond acceptors (Lipinski definition) is 4. The minimum Gasteiger partial charge on any atom is -0.508 e. The summed E-state index contributed by atoms with van der Waals surface area (Å²) in [5.41, 5.74) is 3.97. The Balaban J connectivity index is 1.81. The normalized spacial score (nSPS) is 11.7. The number of thiophene rings is 1. The van der Waals surface area contributed by atoms with Gasteiger partial charge in [0.15, 0.2) is 0 Å². The van der Waals surface area contributed by atoms with E-state index in [9.17, 15) is 9.90 Å². The van der Waals surface area contributed by atoms with Gasteiger partial charge in [-0.1, -0.05) is 29.8 Å². The molecule has 0 saturated carbocycles. The molecule has 0 spiro atoms. The first-order valence-electron chi connectivity index (χ1n) is 6.87. The van der Waals surface area contributed by atoms with E-state index in [0.29, 0.717) is 15.6 Å². The minimum absolute atomic E-state index is 0.183. The van der Waals surface area contributed by atoms with E-state index >= 15 is 0 Å². The summed E-state index contributed by atoms with van der Waals surface area (Å²) >= 11 is 7.61. The average molecular weight is 345 g/mol. The number of carbonyl (C=O) groups excluding carboxylic acids is 1. The Hall–Kier alpha value is -2.37. The Morgan fingerprint density at radius 2 is 1.87 bits per heavy atom. The number of fused-ring (bicyclic) bond motifs is 1. The maximum Gasteiger partial charge on any atom is 0.283 e. The van der Waals surface area contributed by atoms with Crippen LogP contribution in [0.3, 0.4) is 0 Å². The summed E-state index contributed by atoms with van der Waals surface area (Å²) in [4.78, 5) is 12.7. The van der Waals surface area contributed by atoms with Gasteiger partial charge in [0.05, 0.1) is 10.7 Å². The van der Waals surface area contributed by atoms with E-state index in [1.165, 1.54) is 11.3 Å².